The van der Waals surface area contributed by atoms with Crippen molar-refractivity contribution in [1.29, 1.82) is 0 Å². The van der Waals surface area contributed by atoms with Crippen molar-refractivity contribution in [2.24, 2.45) is 0 Å². The van der Waals surface area contributed by atoms with Crippen LogP contribution in [-0.4, -0.2) is 21.1 Å². The minimum Gasteiger partial charge on any atom is -0.450 e. The van der Waals surface area contributed by atoms with Crippen LogP contribution in [0.3, 0.4) is 0 Å². The van der Waals surface area contributed by atoms with Gasteiger partial charge in [0, 0.05) is 17.4 Å². The predicted molar refractivity (Wildman–Crippen MR) is 110 cm³/mol. The Balaban J connectivity index is 1.84. The molecule has 4 heterocycles. The topological polar surface area (TPSA) is 89.2 Å². The molecule has 0 bridgehead atoms. The molecule has 144 valence electrons. The number of halogens is 1. The Morgan fingerprint density at radius 3 is 2.72 bits per heavy atom. The van der Waals surface area contributed by atoms with Crippen LogP contribution >= 0.6 is 22.9 Å². The maximum Gasteiger partial charge on any atom is 0.297 e. The molecule has 4 aromatic rings. The highest BCUT2D eigenvalue weighted by Gasteiger charge is 2.45. The molecule has 0 saturated carbocycles. The van der Waals surface area contributed by atoms with Crippen molar-refractivity contribution in [3.63, 3.8) is 0 Å². The molecule has 1 aliphatic heterocycles. The number of benzene rings is 1. The summed E-state index contributed by atoms with van der Waals surface area (Å²) in [5, 5.41) is 10.0. The summed E-state index contributed by atoms with van der Waals surface area (Å²) in [5.74, 6) is -0.428. The molecule has 1 aliphatic rings. The quantitative estimate of drug-likeness (QED) is 0.482. The fourth-order valence-electron chi connectivity index (χ4n) is 3.53. The van der Waals surface area contributed by atoms with E-state index in [0.29, 0.717) is 31.7 Å². The summed E-state index contributed by atoms with van der Waals surface area (Å²) in [4.78, 5) is 32.4. The largest absolute Gasteiger partial charge is 0.450 e. The molecule has 1 amide bonds. The second kappa shape index (κ2) is 6.47. The van der Waals surface area contributed by atoms with E-state index < -0.39 is 11.9 Å². The number of carbonyl (C=O) groups excluding carboxylic acids is 1. The van der Waals surface area contributed by atoms with Gasteiger partial charge in [0.1, 0.15) is 10.6 Å². The highest BCUT2D eigenvalue weighted by Crippen LogP contribution is 2.42. The van der Waals surface area contributed by atoms with Gasteiger partial charge in [-0.25, -0.2) is 0 Å². The first-order valence-electron chi connectivity index (χ1n) is 8.76. The highest BCUT2D eigenvalue weighted by atomic mass is 35.5. The summed E-state index contributed by atoms with van der Waals surface area (Å²) in [7, 11) is 0. The summed E-state index contributed by atoms with van der Waals surface area (Å²) >= 11 is 7.51. The van der Waals surface area contributed by atoms with Crippen LogP contribution in [0.1, 0.15) is 38.3 Å². The van der Waals surface area contributed by atoms with Crippen LogP contribution < -0.4 is 10.3 Å². The summed E-state index contributed by atoms with van der Waals surface area (Å²) in [6.07, 6.45) is 3.26. The molecule has 9 heteroatoms. The third-order valence-electron chi connectivity index (χ3n) is 4.87. The molecule has 0 N–H and O–H groups in total. The van der Waals surface area contributed by atoms with E-state index in [4.69, 9.17) is 16.0 Å². The first kappa shape index (κ1) is 18.0. The molecule has 1 aromatic carbocycles. The van der Waals surface area contributed by atoms with Gasteiger partial charge in [0.25, 0.3) is 5.91 Å². The van der Waals surface area contributed by atoms with Gasteiger partial charge in [-0.3, -0.25) is 19.5 Å². The SMILES string of the molecule is Cc1nnc(N2C(=O)c3oc4cc(C)c(Cl)cc4c(=O)c3[C@@H]2c2cccnc2)s1. The number of hydrogen-bond donors (Lipinski definition) is 0. The van der Waals surface area contributed by atoms with Gasteiger partial charge >= 0.3 is 0 Å². The molecule has 0 aliphatic carbocycles. The van der Waals surface area contributed by atoms with E-state index in [-0.39, 0.29) is 16.8 Å². The van der Waals surface area contributed by atoms with Crippen molar-refractivity contribution in [3.05, 3.63) is 79.4 Å². The predicted octanol–water partition coefficient (Wildman–Crippen LogP) is 4.06. The number of anilines is 1. The molecule has 0 fully saturated rings. The number of nitrogens with zero attached hydrogens (tertiary/aromatic N) is 4. The van der Waals surface area contributed by atoms with Gasteiger partial charge in [-0.2, -0.15) is 0 Å². The smallest absolute Gasteiger partial charge is 0.297 e. The van der Waals surface area contributed by atoms with Crippen molar-refractivity contribution in [2.75, 3.05) is 4.90 Å². The molecule has 5 rings (SSSR count). The van der Waals surface area contributed by atoms with E-state index in [0.717, 1.165) is 5.56 Å². The summed E-state index contributed by atoms with van der Waals surface area (Å²) in [6.45, 7) is 3.61. The van der Waals surface area contributed by atoms with Gasteiger partial charge in [0.2, 0.25) is 10.9 Å². The van der Waals surface area contributed by atoms with Crippen LogP contribution in [0.4, 0.5) is 5.13 Å². The zero-order chi connectivity index (χ0) is 20.3. The number of amides is 1. The Morgan fingerprint density at radius 2 is 2.03 bits per heavy atom. The van der Waals surface area contributed by atoms with Gasteiger partial charge in [-0.1, -0.05) is 29.0 Å². The molecular formula is C20H13ClN4O3S. The highest BCUT2D eigenvalue weighted by molar-refractivity contribution is 7.15. The first-order valence-corrected chi connectivity index (χ1v) is 9.95. The van der Waals surface area contributed by atoms with Crippen LogP contribution in [-0.2, 0) is 0 Å². The summed E-state index contributed by atoms with van der Waals surface area (Å²) in [5.41, 5.74) is 1.71. The molecule has 7 nitrogen and oxygen atoms in total. The van der Waals surface area contributed by atoms with Gasteiger partial charge in [0.15, 0.2) is 5.43 Å². The zero-order valence-electron chi connectivity index (χ0n) is 15.3. The number of rotatable bonds is 2. The minimum atomic E-state index is -0.709. The number of pyridine rings is 1. The fraction of sp³-hybridized carbons (Fsp3) is 0.150. The van der Waals surface area contributed by atoms with Crippen molar-refractivity contribution in [3.8, 4) is 0 Å². The third-order valence-corrected chi connectivity index (χ3v) is 6.12. The standard InChI is InChI=1S/C20H13ClN4O3S/c1-9-6-14-12(7-13(9)21)17(26)15-16(11-4-3-5-22-8-11)25(19(27)18(15)28-14)20-24-23-10(2)29-20/h3-8,16H,1-2H3/t16-/m0/s1. The number of aromatic nitrogens is 3. The fourth-order valence-corrected chi connectivity index (χ4v) is 4.41. The lowest BCUT2D eigenvalue weighted by Crippen LogP contribution is -2.29. The Labute approximate surface area is 173 Å². The van der Waals surface area contributed by atoms with Crippen molar-refractivity contribution in [1.82, 2.24) is 15.2 Å². The molecule has 1 atom stereocenters. The monoisotopic (exact) mass is 424 g/mol. The first-order chi connectivity index (χ1) is 14.0. The van der Waals surface area contributed by atoms with E-state index in [1.54, 1.807) is 37.5 Å². The zero-order valence-corrected chi connectivity index (χ0v) is 16.9. The average Bonchev–Trinajstić information content (AvgIpc) is 3.26. The molecule has 0 saturated heterocycles. The van der Waals surface area contributed by atoms with Crippen LogP contribution in [0.15, 0.2) is 45.9 Å². The maximum atomic E-state index is 13.4. The van der Waals surface area contributed by atoms with E-state index in [9.17, 15) is 9.59 Å². The second-order valence-electron chi connectivity index (χ2n) is 6.74. The van der Waals surface area contributed by atoms with E-state index in [2.05, 4.69) is 15.2 Å². The number of hydrogen-bond acceptors (Lipinski definition) is 7. The van der Waals surface area contributed by atoms with Crippen LogP contribution in [0, 0.1) is 13.8 Å². The molecule has 0 spiro atoms. The van der Waals surface area contributed by atoms with Crippen molar-refractivity contribution >= 4 is 44.9 Å². The van der Waals surface area contributed by atoms with Gasteiger partial charge in [0.05, 0.1) is 17.0 Å². The second-order valence-corrected chi connectivity index (χ2v) is 8.31. The minimum absolute atomic E-state index is 0.00549. The number of fused-ring (bicyclic) bond motifs is 2. The average molecular weight is 425 g/mol. The normalized spacial score (nSPS) is 15.9. The number of aryl methyl sites for hydroxylation is 2. The summed E-state index contributed by atoms with van der Waals surface area (Å²) in [6, 6.07) is 6.11. The van der Waals surface area contributed by atoms with Gasteiger partial charge < -0.3 is 4.42 Å². The van der Waals surface area contributed by atoms with E-state index in [1.807, 2.05) is 13.0 Å². The van der Waals surface area contributed by atoms with Gasteiger partial charge in [-0.05, 0) is 43.2 Å². The Morgan fingerprint density at radius 1 is 1.21 bits per heavy atom. The van der Waals surface area contributed by atoms with Crippen LogP contribution in [0.2, 0.25) is 5.02 Å². The maximum absolute atomic E-state index is 13.4. The van der Waals surface area contributed by atoms with Crippen LogP contribution in [0.5, 0.6) is 0 Å². The molecule has 0 radical (unpaired) electrons. The lowest BCUT2D eigenvalue weighted by Gasteiger charge is -2.21. The van der Waals surface area contributed by atoms with Crippen molar-refractivity contribution < 1.29 is 9.21 Å². The Hall–Kier alpha value is -3.10. The molecule has 3 aromatic heterocycles. The number of carbonyl (C=O) groups is 1. The molecular weight excluding hydrogens is 412 g/mol. The molecule has 0 unspecified atom stereocenters. The van der Waals surface area contributed by atoms with E-state index in [1.165, 1.54) is 16.2 Å². The lowest BCUT2D eigenvalue weighted by atomic mass is 10.00. The van der Waals surface area contributed by atoms with Crippen LogP contribution in [0.25, 0.3) is 11.0 Å². The van der Waals surface area contributed by atoms with Gasteiger partial charge in [-0.15, -0.1) is 10.2 Å². The lowest BCUT2D eigenvalue weighted by molar-refractivity contribution is 0.0970. The van der Waals surface area contributed by atoms with Crippen molar-refractivity contribution in [2.45, 2.75) is 19.9 Å². The molecule has 29 heavy (non-hydrogen) atoms. The van der Waals surface area contributed by atoms with E-state index >= 15 is 0 Å². The summed E-state index contributed by atoms with van der Waals surface area (Å²) < 4.78 is 5.93. The Bertz CT molecular complexity index is 1350. The third kappa shape index (κ3) is 2.67. The Kier molecular flexibility index (Phi) is 4.01.